The van der Waals surface area contributed by atoms with Crippen molar-refractivity contribution in [3.05, 3.63) is 58.7 Å². The average molecular weight is 401 g/mol. The molecule has 2 aromatic rings. The van der Waals surface area contributed by atoms with Gasteiger partial charge in [-0.05, 0) is 40.8 Å². The van der Waals surface area contributed by atoms with Gasteiger partial charge in [0.2, 0.25) is 0 Å². The van der Waals surface area contributed by atoms with Crippen molar-refractivity contribution in [1.29, 1.82) is 0 Å². The van der Waals surface area contributed by atoms with Gasteiger partial charge in [-0.3, -0.25) is 0 Å². The molecule has 2 N–H and O–H groups in total. The molecule has 2 aromatic carbocycles. The van der Waals surface area contributed by atoms with Crippen LogP contribution in [0.3, 0.4) is 0 Å². The molecule has 0 saturated carbocycles. The Hall–Kier alpha value is -1.37. The number of hydrogen-bond acceptors (Lipinski definition) is 2. The monoisotopic (exact) mass is 400 g/mol. The maximum atomic E-state index is 11.0. The molecule has 0 amide bonds. The lowest BCUT2D eigenvalue weighted by Crippen LogP contribution is -2.23. The van der Waals surface area contributed by atoms with Crippen molar-refractivity contribution in [1.82, 2.24) is 0 Å². The number of aliphatic hydroxyl groups excluding tert-OH is 1. The van der Waals surface area contributed by atoms with Crippen LogP contribution in [-0.2, 0) is 17.2 Å². The molecular weight excluding hydrogens is 363 g/mol. The van der Waals surface area contributed by atoms with Crippen LogP contribution in [0.1, 0.15) is 82.6 Å². The zero-order chi connectivity index (χ0) is 20.9. The number of aryl methyl sites for hydroxylation is 1. The minimum Gasteiger partial charge on any atom is -0.507 e. The number of unbranched alkanes of at least 4 members (excludes halogenated alkanes) is 2. The van der Waals surface area contributed by atoms with E-state index < -0.39 is 0 Å². The summed E-state index contributed by atoms with van der Waals surface area (Å²) in [4.78, 5) is 0. The Morgan fingerprint density at radius 2 is 1.68 bits per heavy atom. The quantitative estimate of drug-likeness (QED) is 0.404. The third-order valence-corrected chi connectivity index (χ3v) is 7.47. The highest BCUT2D eigenvalue weighted by Gasteiger charge is 2.32. The summed E-state index contributed by atoms with van der Waals surface area (Å²) in [6, 6.07) is 12.5. The van der Waals surface area contributed by atoms with Gasteiger partial charge in [0.1, 0.15) is 5.75 Å². The van der Waals surface area contributed by atoms with Gasteiger partial charge in [-0.1, -0.05) is 98.9 Å². The molecule has 3 heteroatoms. The fraction of sp³-hybridized carbons (Fsp3) is 0.520. The number of aromatic hydroxyl groups is 1. The van der Waals surface area contributed by atoms with Gasteiger partial charge in [0, 0.05) is 10.7 Å². The van der Waals surface area contributed by atoms with E-state index in [1.807, 2.05) is 25.1 Å². The van der Waals surface area contributed by atoms with Gasteiger partial charge in [-0.25, -0.2) is 0 Å². The van der Waals surface area contributed by atoms with E-state index in [1.165, 1.54) is 23.7 Å². The molecule has 2 rings (SSSR count). The average Bonchev–Trinajstić information content (AvgIpc) is 2.63. The number of phenols is 1. The SMILES string of the molecule is CCCCCC(C)(Pc1ccccc1CO)c1cc(C(C)(C)C)cc(C)c1O. The van der Waals surface area contributed by atoms with Crippen LogP contribution in [0.2, 0.25) is 0 Å². The molecule has 0 aliphatic rings. The Bertz CT molecular complexity index is 792. The summed E-state index contributed by atoms with van der Waals surface area (Å²) in [7, 11) is 0.495. The molecule has 0 radical (unpaired) electrons. The zero-order valence-electron chi connectivity index (χ0n) is 18.4. The standard InChI is InChI=1S/C25H37O2P/c1-7-8-11-14-25(6,28-22-13-10-9-12-19(22)17-26)21-16-20(24(3,4)5)15-18(2)23(21)27/h9-10,12-13,15-16,26-28H,7-8,11,14,17H2,1-6H3. The van der Waals surface area contributed by atoms with Gasteiger partial charge in [-0.2, -0.15) is 0 Å². The second kappa shape index (κ2) is 9.42. The molecular formula is C25H37O2P. The number of aliphatic hydroxyl groups is 1. The first-order valence-corrected chi connectivity index (χ1v) is 11.4. The summed E-state index contributed by atoms with van der Waals surface area (Å²) < 4.78 is 0. The van der Waals surface area contributed by atoms with Crippen LogP contribution in [0.4, 0.5) is 0 Å². The molecule has 2 unspecified atom stereocenters. The van der Waals surface area contributed by atoms with E-state index in [-0.39, 0.29) is 17.2 Å². The minimum absolute atomic E-state index is 0.0314. The van der Waals surface area contributed by atoms with Crippen molar-refractivity contribution in [2.45, 2.75) is 84.4 Å². The Balaban J connectivity index is 2.57. The van der Waals surface area contributed by atoms with Crippen molar-refractivity contribution in [2.75, 3.05) is 0 Å². The summed E-state index contributed by atoms with van der Waals surface area (Å²) in [5.74, 6) is 0.431. The molecule has 0 saturated heterocycles. The van der Waals surface area contributed by atoms with Crippen molar-refractivity contribution in [3.63, 3.8) is 0 Å². The van der Waals surface area contributed by atoms with Crippen LogP contribution in [0.15, 0.2) is 36.4 Å². The van der Waals surface area contributed by atoms with Gasteiger partial charge < -0.3 is 10.2 Å². The summed E-state index contributed by atoms with van der Waals surface area (Å²) >= 11 is 0. The van der Waals surface area contributed by atoms with E-state index in [1.54, 1.807) is 0 Å². The highest BCUT2D eigenvalue weighted by Crippen LogP contribution is 2.50. The van der Waals surface area contributed by atoms with Crippen LogP contribution in [-0.4, -0.2) is 10.2 Å². The van der Waals surface area contributed by atoms with E-state index in [4.69, 9.17) is 0 Å². The third kappa shape index (κ3) is 5.37. The maximum absolute atomic E-state index is 11.0. The fourth-order valence-corrected chi connectivity index (χ4v) is 5.43. The van der Waals surface area contributed by atoms with Crippen molar-refractivity contribution < 1.29 is 10.2 Å². The molecule has 28 heavy (non-hydrogen) atoms. The molecule has 0 aliphatic heterocycles. The van der Waals surface area contributed by atoms with Crippen LogP contribution in [0.25, 0.3) is 0 Å². The topological polar surface area (TPSA) is 40.5 Å². The molecule has 154 valence electrons. The molecule has 0 bridgehead atoms. The van der Waals surface area contributed by atoms with E-state index in [9.17, 15) is 10.2 Å². The third-order valence-electron chi connectivity index (χ3n) is 5.64. The maximum Gasteiger partial charge on any atom is 0.122 e. The van der Waals surface area contributed by atoms with Gasteiger partial charge in [0.25, 0.3) is 0 Å². The molecule has 0 aromatic heterocycles. The number of benzene rings is 2. The first-order valence-electron chi connectivity index (χ1n) is 10.4. The largest absolute Gasteiger partial charge is 0.507 e. The molecule has 2 atom stereocenters. The van der Waals surface area contributed by atoms with Gasteiger partial charge in [-0.15, -0.1) is 0 Å². The normalized spacial score (nSPS) is 14.5. The summed E-state index contributed by atoms with van der Waals surface area (Å²) in [5, 5.41) is 21.9. The smallest absolute Gasteiger partial charge is 0.122 e. The lowest BCUT2D eigenvalue weighted by Gasteiger charge is -2.34. The van der Waals surface area contributed by atoms with Crippen molar-refractivity contribution in [3.8, 4) is 5.75 Å². The highest BCUT2D eigenvalue weighted by atomic mass is 31.1. The second-order valence-electron chi connectivity index (χ2n) is 9.17. The van der Waals surface area contributed by atoms with Crippen LogP contribution in [0, 0.1) is 6.92 Å². The first-order chi connectivity index (χ1) is 13.1. The van der Waals surface area contributed by atoms with E-state index >= 15 is 0 Å². The Kier molecular flexibility index (Phi) is 7.71. The molecule has 2 nitrogen and oxygen atoms in total. The lowest BCUT2D eigenvalue weighted by molar-refractivity contribution is 0.283. The van der Waals surface area contributed by atoms with Gasteiger partial charge in [0.15, 0.2) is 0 Å². The van der Waals surface area contributed by atoms with E-state index in [2.05, 4.69) is 52.8 Å². The van der Waals surface area contributed by atoms with Crippen LogP contribution >= 0.6 is 8.58 Å². The van der Waals surface area contributed by atoms with Crippen LogP contribution < -0.4 is 5.30 Å². The number of hydrogen-bond donors (Lipinski definition) is 2. The van der Waals surface area contributed by atoms with Crippen molar-refractivity contribution >= 4 is 13.9 Å². The summed E-state index contributed by atoms with van der Waals surface area (Å²) in [6.45, 7) is 13.2. The first kappa shape index (κ1) is 22.9. The van der Waals surface area contributed by atoms with Gasteiger partial charge >= 0.3 is 0 Å². The summed E-state index contributed by atoms with van der Waals surface area (Å²) in [6.07, 6.45) is 4.54. The number of rotatable bonds is 8. The predicted molar refractivity (Wildman–Crippen MR) is 123 cm³/mol. The fourth-order valence-electron chi connectivity index (χ4n) is 3.70. The minimum atomic E-state index is -0.156. The number of phenolic OH excluding ortho intramolecular Hbond substituents is 1. The molecule has 0 heterocycles. The Labute approximate surface area is 173 Å². The van der Waals surface area contributed by atoms with E-state index in [0.29, 0.717) is 14.3 Å². The van der Waals surface area contributed by atoms with Crippen LogP contribution in [0.5, 0.6) is 5.75 Å². The molecule has 0 aliphatic carbocycles. The Morgan fingerprint density at radius 3 is 2.29 bits per heavy atom. The highest BCUT2D eigenvalue weighted by molar-refractivity contribution is 7.48. The van der Waals surface area contributed by atoms with Crippen molar-refractivity contribution in [2.24, 2.45) is 0 Å². The zero-order valence-corrected chi connectivity index (χ0v) is 19.4. The van der Waals surface area contributed by atoms with E-state index in [0.717, 1.165) is 29.5 Å². The molecule has 0 spiro atoms. The second-order valence-corrected chi connectivity index (χ2v) is 11.1. The predicted octanol–water partition coefficient (Wildman–Crippen LogP) is 6.29. The lowest BCUT2D eigenvalue weighted by atomic mass is 9.82. The van der Waals surface area contributed by atoms with Gasteiger partial charge in [0.05, 0.1) is 6.61 Å². The Morgan fingerprint density at radius 1 is 1.00 bits per heavy atom. The molecule has 0 fully saturated rings. The summed E-state index contributed by atoms with van der Waals surface area (Å²) in [5.41, 5.74) is 4.29.